The van der Waals surface area contributed by atoms with Crippen molar-refractivity contribution in [3.05, 3.63) is 69.7 Å². The summed E-state index contributed by atoms with van der Waals surface area (Å²) in [6.45, 7) is 0. The molecule has 0 radical (unpaired) electrons. The van der Waals surface area contributed by atoms with Gasteiger partial charge < -0.3 is 9.47 Å². The van der Waals surface area contributed by atoms with Crippen LogP contribution in [0.15, 0.2) is 48.5 Å². The van der Waals surface area contributed by atoms with Crippen molar-refractivity contribution in [2.75, 3.05) is 7.11 Å². The lowest BCUT2D eigenvalue weighted by Gasteiger charge is -2.14. The third-order valence-electron chi connectivity index (χ3n) is 3.58. The average Bonchev–Trinajstić information content (AvgIpc) is 3.24. The zero-order valence-corrected chi connectivity index (χ0v) is 12.7. The minimum Gasteiger partial charge on any atom is -0.467 e. The van der Waals surface area contributed by atoms with Crippen LogP contribution in [0.2, 0.25) is 10.0 Å². The number of esters is 1. The fraction of sp³-hybridized carbons (Fsp3) is 0.188. The van der Waals surface area contributed by atoms with Gasteiger partial charge in [0.15, 0.2) is 11.7 Å². The average molecular weight is 323 g/mol. The van der Waals surface area contributed by atoms with Crippen molar-refractivity contribution in [3.63, 3.8) is 0 Å². The Kier molecular flexibility index (Phi) is 3.66. The van der Waals surface area contributed by atoms with E-state index in [4.69, 9.17) is 32.7 Å². The van der Waals surface area contributed by atoms with E-state index in [-0.39, 0.29) is 0 Å². The van der Waals surface area contributed by atoms with Crippen LogP contribution in [0.25, 0.3) is 0 Å². The zero-order valence-electron chi connectivity index (χ0n) is 11.2. The van der Waals surface area contributed by atoms with E-state index >= 15 is 0 Å². The second-order valence-corrected chi connectivity index (χ2v) is 5.64. The molecule has 3 rings (SSSR count). The van der Waals surface area contributed by atoms with E-state index in [1.807, 2.05) is 24.3 Å². The first-order valence-corrected chi connectivity index (χ1v) is 7.11. The van der Waals surface area contributed by atoms with E-state index in [0.717, 1.165) is 11.1 Å². The summed E-state index contributed by atoms with van der Waals surface area (Å²) in [7, 11) is 1.35. The Morgan fingerprint density at radius 2 is 1.43 bits per heavy atom. The van der Waals surface area contributed by atoms with E-state index in [1.165, 1.54) is 7.11 Å². The summed E-state index contributed by atoms with van der Waals surface area (Å²) in [5, 5.41) is 1.25. The molecule has 1 saturated heterocycles. The number of hydrogen-bond donors (Lipinski definition) is 0. The van der Waals surface area contributed by atoms with Crippen molar-refractivity contribution in [1.29, 1.82) is 0 Å². The molecular weight excluding hydrogens is 311 g/mol. The molecule has 3 nitrogen and oxygen atoms in total. The molecule has 2 aromatic carbocycles. The van der Waals surface area contributed by atoms with Crippen LogP contribution in [0, 0.1) is 0 Å². The molecule has 0 spiro atoms. The van der Waals surface area contributed by atoms with Gasteiger partial charge in [0.1, 0.15) is 0 Å². The largest absolute Gasteiger partial charge is 0.467 e. The fourth-order valence-electron chi connectivity index (χ4n) is 2.47. The molecule has 1 fully saturated rings. The molecule has 1 atom stereocenters. The van der Waals surface area contributed by atoms with Gasteiger partial charge >= 0.3 is 5.97 Å². The van der Waals surface area contributed by atoms with Crippen LogP contribution in [0.3, 0.4) is 0 Å². The molecule has 1 heterocycles. The maximum absolute atomic E-state index is 11.9. The monoisotopic (exact) mass is 322 g/mol. The summed E-state index contributed by atoms with van der Waals surface area (Å²) < 4.78 is 10.6. The van der Waals surface area contributed by atoms with Crippen LogP contribution < -0.4 is 0 Å². The van der Waals surface area contributed by atoms with Crippen LogP contribution in [-0.2, 0) is 19.9 Å². The molecule has 0 saturated carbocycles. The lowest BCUT2D eigenvalue weighted by Crippen LogP contribution is -2.21. The molecule has 5 heteroatoms. The molecule has 0 amide bonds. The van der Waals surface area contributed by atoms with Crippen LogP contribution in [0.1, 0.15) is 11.1 Å². The van der Waals surface area contributed by atoms with Gasteiger partial charge in [0, 0.05) is 10.0 Å². The highest BCUT2D eigenvalue weighted by Gasteiger charge is 2.63. The standard InChI is InChI=1S/C16H12Cl2O3/c1-20-15(19)14-16(21-14,10-2-6-12(17)7-3-10)11-4-8-13(18)9-5-11/h2-9,14H,1H3/t14-/m0/s1. The summed E-state index contributed by atoms with van der Waals surface area (Å²) in [5.74, 6) is -0.403. The molecule has 1 aliphatic rings. The lowest BCUT2D eigenvalue weighted by atomic mass is 9.88. The third-order valence-corrected chi connectivity index (χ3v) is 4.08. The zero-order chi connectivity index (χ0) is 15.0. The van der Waals surface area contributed by atoms with E-state index in [1.54, 1.807) is 24.3 Å². The minimum absolute atomic E-state index is 0.403. The van der Waals surface area contributed by atoms with E-state index in [9.17, 15) is 4.79 Å². The second-order valence-electron chi connectivity index (χ2n) is 4.77. The number of carbonyl (C=O) groups is 1. The van der Waals surface area contributed by atoms with Gasteiger partial charge in [-0.1, -0.05) is 47.5 Å². The molecular formula is C16H12Cl2O3. The Morgan fingerprint density at radius 3 is 1.81 bits per heavy atom. The number of epoxide rings is 1. The number of benzene rings is 2. The molecule has 0 N–H and O–H groups in total. The fourth-order valence-corrected chi connectivity index (χ4v) is 2.73. The number of ether oxygens (including phenoxy) is 2. The highest BCUT2D eigenvalue weighted by molar-refractivity contribution is 6.30. The van der Waals surface area contributed by atoms with Crippen LogP contribution in [-0.4, -0.2) is 19.2 Å². The first-order valence-electron chi connectivity index (χ1n) is 6.35. The molecule has 0 aromatic heterocycles. The Morgan fingerprint density at radius 1 is 1.00 bits per heavy atom. The van der Waals surface area contributed by atoms with Gasteiger partial charge in [-0.05, 0) is 35.4 Å². The summed E-state index contributed by atoms with van der Waals surface area (Å²) in [6.07, 6.45) is -0.662. The predicted molar refractivity (Wildman–Crippen MR) is 80.6 cm³/mol. The molecule has 2 aromatic rings. The number of carbonyl (C=O) groups excluding carboxylic acids is 1. The quantitative estimate of drug-likeness (QED) is 0.637. The van der Waals surface area contributed by atoms with Gasteiger partial charge in [-0.25, -0.2) is 4.79 Å². The second kappa shape index (κ2) is 5.34. The lowest BCUT2D eigenvalue weighted by molar-refractivity contribution is -0.142. The first kappa shape index (κ1) is 14.4. The van der Waals surface area contributed by atoms with E-state index < -0.39 is 17.7 Å². The van der Waals surface area contributed by atoms with E-state index in [0.29, 0.717) is 10.0 Å². The summed E-state index contributed by atoms with van der Waals surface area (Å²) in [5.41, 5.74) is 0.872. The van der Waals surface area contributed by atoms with Crippen LogP contribution in [0.4, 0.5) is 0 Å². The molecule has 108 valence electrons. The number of methoxy groups -OCH3 is 1. The molecule has 0 aliphatic carbocycles. The maximum Gasteiger partial charge on any atom is 0.338 e. The normalized spacial score (nSPS) is 19.1. The van der Waals surface area contributed by atoms with Crippen molar-refractivity contribution < 1.29 is 14.3 Å². The Balaban J connectivity index is 2.07. The summed E-state index contributed by atoms with van der Waals surface area (Å²) in [4.78, 5) is 11.9. The number of rotatable bonds is 3. The van der Waals surface area contributed by atoms with Crippen LogP contribution in [0.5, 0.6) is 0 Å². The SMILES string of the molecule is COC(=O)[C@@H]1OC1(c1ccc(Cl)cc1)c1ccc(Cl)cc1. The van der Waals surface area contributed by atoms with Gasteiger partial charge in [0.2, 0.25) is 0 Å². The van der Waals surface area contributed by atoms with Gasteiger partial charge in [-0.2, -0.15) is 0 Å². The Hall–Kier alpha value is -1.55. The highest BCUT2D eigenvalue weighted by atomic mass is 35.5. The molecule has 1 aliphatic heterocycles. The summed E-state index contributed by atoms with van der Waals surface area (Å²) in [6, 6.07) is 14.5. The van der Waals surface area contributed by atoms with Gasteiger partial charge in [0.25, 0.3) is 0 Å². The molecule has 21 heavy (non-hydrogen) atoms. The van der Waals surface area contributed by atoms with Gasteiger partial charge in [-0.15, -0.1) is 0 Å². The van der Waals surface area contributed by atoms with Gasteiger partial charge in [0.05, 0.1) is 7.11 Å². The smallest absolute Gasteiger partial charge is 0.338 e. The molecule has 0 bridgehead atoms. The molecule has 0 unspecified atom stereocenters. The van der Waals surface area contributed by atoms with Crippen molar-refractivity contribution in [2.45, 2.75) is 11.7 Å². The van der Waals surface area contributed by atoms with E-state index in [2.05, 4.69) is 0 Å². The topological polar surface area (TPSA) is 38.8 Å². The van der Waals surface area contributed by atoms with Crippen molar-refractivity contribution in [2.24, 2.45) is 0 Å². The van der Waals surface area contributed by atoms with Gasteiger partial charge in [-0.3, -0.25) is 0 Å². The number of hydrogen-bond acceptors (Lipinski definition) is 3. The Labute approximate surface area is 132 Å². The highest BCUT2D eigenvalue weighted by Crippen LogP contribution is 2.52. The van der Waals surface area contributed by atoms with Crippen molar-refractivity contribution in [1.82, 2.24) is 0 Å². The first-order chi connectivity index (χ1) is 10.1. The number of halogens is 2. The predicted octanol–water partition coefficient (Wildman–Crippen LogP) is 3.81. The Bertz CT molecular complexity index is 619. The van der Waals surface area contributed by atoms with Crippen molar-refractivity contribution >= 4 is 29.2 Å². The maximum atomic E-state index is 11.9. The van der Waals surface area contributed by atoms with Crippen molar-refractivity contribution in [3.8, 4) is 0 Å². The van der Waals surface area contributed by atoms with Crippen LogP contribution >= 0.6 is 23.2 Å². The third kappa shape index (κ3) is 2.42. The summed E-state index contributed by atoms with van der Waals surface area (Å²) >= 11 is 11.9. The minimum atomic E-state index is -0.831.